The van der Waals surface area contributed by atoms with Gasteiger partial charge < -0.3 is 5.11 Å². The summed E-state index contributed by atoms with van der Waals surface area (Å²) in [7, 11) is 0. The zero-order chi connectivity index (χ0) is 11.5. The predicted octanol–water partition coefficient (Wildman–Crippen LogP) is 3.12. The van der Waals surface area contributed by atoms with E-state index in [0.29, 0.717) is 11.3 Å². The van der Waals surface area contributed by atoms with Crippen LogP contribution in [0.4, 0.5) is 0 Å². The summed E-state index contributed by atoms with van der Waals surface area (Å²) in [6, 6.07) is 14.6. The van der Waals surface area contributed by atoms with Gasteiger partial charge in [-0.3, -0.25) is 5.41 Å². The number of phenols is 1. The molecule has 0 radical (unpaired) electrons. The lowest BCUT2D eigenvalue weighted by Crippen LogP contribution is -2.01. The van der Waals surface area contributed by atoms with Gasteiger partial charge in [0.15, 0.2) is 0 Å². The SMILES string of the molecule is Cc1cccc(C(=N)c2ccccc2O)c1. The van der Waals surface area contributed by atoms with Crippen molar-refractivity contribution in [1.82, 2.24) is 0 Å². The molecule has 16 heavy (non-hydrogen) atoms. The molecule has 0 bridgehead atoms. The molecular weight excluding hydrogens is 198 g/mol. The van der Waals surface area contributed by atoms with Gasteiger partial charge in [-0.05, 0) is 25.1 Å². The Hall–Kier alpha value is -2.09. The Bertz CT molecular complexity index is 532. The quantitative estimate of drug-likeness (QED) is 0.736. The minimum atomic E-state index is 0.147. The van der Waals surface area contributed by atoms with Crippen molar-refractivity contribution in [3.63, 3.8) is 0 Å². The predicted molar refractivity (Wildman–Crippen MR) is 65.2 cm³/mol. The normalized spacial score (nSPS) is 10.1. The van der Waals surface area contributed by atoms with Crippen LogP contribution in [-0.4, -0.2) is 10.8 Å². The van der Waals surface area contributed by atoms with E-state index in [1.54, 1.807) is 18.2 Å². The Morgan fingerprint density at radius 3 is 2.50 bits per heavy atom. The van der Waals surface area contributed by atoms with Crippen LogP contribution >= 0.6 is 0 Å². The van der Waals surface area contributed by atoms with E-state index in [-0.39, 0.29) is 5.75 Å². The van der Waals surface area contributed by atoms with Crippen LogP contribution in [0.1, 0.15) is 16.7 Å². The third kappa shape index (κ3) is 1.96. The van der Waals surface area contributed by atoms with Gasteiger partial charge >= 0.3 is 0 Å². The lowest BCUT2D eigenvalue weighted by Gasteiger charge is -2.07. The molecule has 0 saturated carbocycles. The van der Waals surface area contributed by atoms with Crippen molar-refractivity contribution in [2.24, 2.45) is 0 Å². The molecule has 2 aromatic rings. The molecule has 2 heteroatoms. The lowest BCUT2D eigenvalue weighted by atomic mass is 10.0. The van der Waals surface area contributed by atoms with Crippen molar-refractivity contribution in [2.45, 2.75) is 6.92 Å². The number of hydrogen-bond acceptors (Lipinski definition) is 2. The summed E-state index contributed by atoms with van der Waals surface area (Å²) < 4.78 is 0. The number of nitrogens with one attached hydrogen (secondary N) is 1. The average molecular weight is 211 g/mol. The summed E-state index contributed by atoms with van der Waals surface area (Å²) >= 11 is 0. The van der Waals surface area contributed by atoms with Crippen LogP contribution in [0.25, 0.3) is 0 Å². The fourth-order valence-electron chi connectivity index (χ4n) is 1.64. The molecule has 0 aliphatic carbocycles. The van der Waals surface area contributed by atoms with E-state index in [9.17, 15) is 5.11 Å². The summed E-state index contributed by atoms with van der Waals surface area (Å²) in [5.41, 5.74) is 2.84. The van der Waals surface area contributed by atoms with E-state index in [2.05, 4.69) is 0 Å². The molecule has 2 aromatic carbocycles. The third-order valence-electron chi connectivity index (χ3n) is 2.48. The summed E-state index contributed by atoms with van der Waals surface area (Å²) in [4.78, 5) is 0. The van der Waals surface area contributed by atoms with Crippen LogP contribution in [0.5, 0.6) is 5.75 Å². The maximum Gasteiger partial charge on any atom is 0.124 e. The van der Waals surface area contributed by atoms with E-state index >= 15 is 0 Å². The molecule has 2 nitrogen and oxygen atoms in total. The van der Waals surface area contributed by atoms with Crippen molar-refractivity contribution in [3.8, 4) is 5.75 Å². The summed E-state index contributed by atoms with van der Waals surface area (Å²) in [6.07, 6.45) is 0. The molecule has 2 rings (SSSR count). The molecule has 0 saturated heterocycles. The minimum Gasteiger partial charge on any atom is -0.507 e. The van der Waals surface area contributed by atoms with Crippen LogP contribution in [0.3, 0.4) is 0 Å². The first-order valence-corrected chi connectivity index (χ1v) is 5.12. The average Bonchev–Trinajstić information content (AvgIpc) is 2.29. The van der Waals surface area contributed by atoms with Crippen molar-refractivity contribution < 1.29 is 5.11 Å². The number of phenolic OH excluding ortho intramolecular Hbond substituents is 1. The van der Waals surface area contributed by atoms with Crippen LogP contribution in [0.15, 0.2) is 48.5 Å². The van der Waals surface area contributed by atoms with Crippen molar-refractivity contribution in [1.29, 1.82) is 5.41 Å². The second-order valence-electron chi connectivity index (χ2n) is 3.76. The summed E-state index contributed by atoms with van der Waals surface area (Å²) in [5.74, 6) is 0.147. The van der Waals surface area contributed by atoms with Gasteiger partial charge in [0.2, 0.25) is 0 Å². The first kappa shape index (κ1) is 10.4. The molecule has 0 heterocycles. The Morgan fingerprint density at radius 1 is 1.06 bits per heavy atom. The maximum absolute atomic E-state index is 9.67. The number of aryl methyl sites for hydroxylation is 1. The van der Waals surface area contributed by atoms with Crippen LogP contribution in [0.2, 0.25) is 0 Å². The molecule has 0 spiro atoms. The Labute approximate surface area is 94.7 Å². The van der Waals surface area contributed by atoms with E-state index in [1.165, 1.54) is 0 Å². The van der Waals surface area contributed by atoms with Gasteiger partial charge in [-0.25, -0.2) is 0 Å². The van der Waals surface area contributed by atoms with Crippen LogP contribution in [-0.2, 0) is 0 Å². The highest BCUT2D eigenvalue weighted by Crippen LogP contribution is 2.20. The molecule has 2 N–H and O–H groups in total. The molecule has 0 fully saturated rings. The van der Waals surface area contributed by atoms with Gasteiger partial charge in [0.1, 0.15) is 5.75 Å². The zero-order valence-electron chi connectivity index (χ0n) is 9.07. The van der Waals surface area contributed by atoms with E-state index in [4.69, 9.17) is 5.41 Å². The standard InChI is InChI=1S/C14H13NO/c1-10-5-4-6-11(9-10)14(15)12-7-2-3-8-13(12)16/h2-9,15-16H,1H3. The second kappa shape index (κ2) is 4.19. The van der Waals surface area contributed by atoms with Gasteiger partial charge in [0.05, 0.1) is 5.71 Å². The van der Waals surface area contributed by atoms with Crippen molar-refractivity contribution >= 4 is 5.71 Å². The van der Waals surface area contributed by atoms with Gasteiger partial charge in [-0.15, -0.1) is 0 Å². The largest absolute Gasteiger partial charge is 0.507 e. The number of hydrogen-bond donors (Lipinski definition) is 2. The third-order valence-corrected chi connectivity index (χ3v) is 2.48. The smallest absolute Gasteiger partial charge is 0.124 e. The molecule has 0 aromatic heterocycles. The highest BCUT2D eigenvalue weighted by atomic mass is 16.3. The number of para-hydroxylation sites is 1. The van der Waals surface area contributed by atoms with Gasteiger partial charge in [0.25, 0.3) is 0 Å². The highest BCUT2D eigenvalue weighted by molar-refractivity contribution is 6.12. The number of rotatable bonds is 2. The molecular formula is C14H13NO. The van der Waals surface area contributed by atoms with E-state index in [1.807, 2.05) is 37.3 Å². The number of benzene rings is 2. The second-order valence-corrected chi connectivity index (χ2v) is 3.76. The monoisotopic (exact) mass is 211 g/mol. The summed E-state index contributed by atoms with van der Waals surface area (Å²) in [5, 5.41) is 17.7. The minimum absolute atomic E-state index is 0.147. The summed E-state index contributed by atoms with van der Waals surface area (Å²) in [6.45, 7) is 1.99. The maximum atomic E-state index is 9.67. The molecule has 80 valence electrons. The van der Waals surface area contributed by atoms with Crippen molar-refractivity contribution in [3.05, 3.63) is 65.2 Å². The molecule has 0 aliphatic heterocycles. The Morgan fingerprint density at radius 2 is 1.81 bits per heavy atom. The molecule has 0 amide bonds. The van der Waals surface area contributed by atoms with Crippen LogP contribution in [0, 0.1) is 12.3 Å². The number of aromatic hydroxyl groups is 1. The fraction of sp³-hybridized carbons (Fsp3) is 0.0714. The molecule has 0 unspecified atom stereocenters. The molecule has 0 atom stereocenters. The van der Waals surface area contributed by atoms with Gasteiger partial charge in [-0.2, -0.15) is 0 Å². The first-order valence-electron chi connectivity index (χ1n) is 5.12. The first-order chi connectivity index (χ1) is 7.68. The van der Waals surface area contributed by atoms with Crippen molar-refractivity contribution in [2.75, 3.05) is 0 Å². The Balaban J connectivity index is 2.44. The van der Waals surface area contributed by atoms with E-state index < -0.39 is 0 Å². The van der Waals surface area contributed by atoms with E-state index in [0.717, 1.165) is 11.1 Å². The van der Waals surface area contributed by atoms with Crippen LogP contribution < -0.4 is 0 Å². The molecule has 0 aliphatic rings. The lowest BCUT2D eigenvalue weighted by molar-refractivity contribution is 0.474. The Kier molecular flexibility index (Phi) is 2.73. The highest BCUT2D eigenvalue weighted by Gasteiger charge is 2.08. The van der Waals surface area contributed by atoms with Gasteiger partial charge in [0, 0.05) is 11.1 Å². The topological polar surface area (TPSA) is 44.1 Å². The fourth-order valence-corrected chi connectivity index (χ4v) is 1.64. The van der Waals surface area contributed by atoms with Gasteiger partial charge in [-0.1, -0.05) is 35.9 Å². The zero-order valence-corrected chi connectivity index (χ0v) is 9.07.